The second-order valence-electron chi connectivity index (χ2n) is 4.83. The Bertz CT molecular complexity index is 374. The number of thiocarbonyl (C=S) groups is 1. The van der Waals surface area contributed by atoms with Crippen molar-refractivity contribution in [2.24, 2.45) is 5.92 Å². The van der Waals surface area contributed by atoms with E-state index in [2.05, 4.69) is 13.8 Å². The number of allylic oxidation sites excluding steroid dienone is 1. The molecule has 1 fully saturated rings. The zero-order chi connectivity index (χ0) is 14.6. The summed E-state index contributed by atoms with van der Waals surface area (Å²) in [7, 11) is 0. The number of hydrogen-bond donors (Lipinski definition) is 1. The molecule has 1 rings (SSSR count). The number of alkyl halides is 1. The number of hydrogen-bond acceptors (Lipinski definition) is 4. The average molecular weight is 322 g/mol. The van der Waals surface area contributed by atoms with Crippen LogP contribution in [0.5, 0.6) is 0 Å². The lowest BCUT2D eigenvalue weighted by Gasteiger charge is -2.29. The fourth-order valence-corrected chi connectivity index (χ4v) is 3.66. The highest BCUT2D eigenvalue weighted by atomic mass is 35.5. The molecule has 6 heteroatoms. The van der Waals surface area contributed by atoms with Crippen LogP contribution in [0.1, 0.15) is 27.2 Å². The molecule has 1 N–H and O–H groups in total. The first-order valence-corrected chi connectivity index (χ1v) is 8.21. The van der Waals surface area contributed by atoms with Gasteiger partial charge in [-0.2, -0.15) is 0 Å². The topological polar surface area (TPSA) is 40.5 Å². The van der Waals surface area contributed by atoms with E-state index in [-0.39, 0.29) is 11.9 Å². The first-order valence-electron chi connectivity index (χ1n) is 6.38. The largest absolute Gasteiger partial charge is 0.387 e. The molecule has 0 aromatic rings. The standard InChI is InChI=1S/C13H20ClNO2S2/c1-4-5-6-10(16)11(14)12(17)15-9(8(2)3)7-19-13(15)18/h5-6,8-11,16H,4,7H2,1-3H3/b6-5+/t9-,10?,11-/m0/s1. The van der Waals surface area contributed by atoms with Crippen molar-refractivity contribution < 1.29 is 9.90 Å². The van der Waals surface area contributed by atoms with E-state index in [4.69, 9.17) is 23.8 Å². The number of thioether (sulfide) groups is 1. The van der Waals surface area contributed by atoms with E-state index in [0.29, 0.717) is 10.2 Å². The molecule has 3 nitrogen and oxygen atoms in total. The molecule has 0 spiro atoms. The molecule has 0 radical (unpaired) electrons. The highest BCUT2D eigenvalue weighted by molar-refractivity contribution is 8.23. The van der Waals surface area contributed by atoms with Crippen LogP contribution in [-0.4, -0.2) is 43.5 Å². The van der Waals surface area contributed by atoms with Gasteiger partial charge in [-0.05, 0) is 12.3 Å². The molecule has 1 amide bonds. The van der Waals surface area contributed by atoms with E-state index in [1.807, 2.05) is 6.92 Å². The van der Waals surface area contributed by atoms with Gasteiger partial charge in [0.05, 0.1) is 12.1 Å². The Labute approximate surface area is 129 Å². The van der Waals surface area contributed by atoms with Crippen molar-refractivity contribution in [1.82, 2.24) is 4.90 Å². The molecule has 0 aliphatic carbocycles. The maximum atomic E-state index is 12.4. The lowest BCUT2D eigenvalue weighted by molar-refractivity contribution is -0.129. The summed E-state index contributed by atoms with van der Waals surface area (Å²) >= 11 is 12.8. The Morgan fingerprint density at radius 1 is 1.68 bits per heavy atom. The highest BCUT2D eigenvalue weighted by Crippen LogP contribution is 2.30. The summed E-state index contributed by atoms with van der Waals surface area (Å²) in [6.07, 6.45) is 3.17. The van der Waals surface area contributed by atoms with Gasteiger partial charge in [0.1, 0.15) is 9.70 Å². The summed E-state index contributed by atoms with van der Waals surface area (Å²) in [5.41, 5.74) is 0. The Morgan fingerprint density at radius 3 is 2.84 bits per heavy atom. The van der Waals surface area contributed by atoms with Crippen LogP contribution in [0.4, 0.5) is 0 Å². The van der Waals surface area contributed by atoms with Gasteiger partial charge in [-0.1, -0.05) is 56.9 Å². The Kier molecular flexibility index (Phi) is 6.80. The van der Waals surface area contributed by atoms with Gasteiger partial charge in [0, 0.05) is 5.75 Å². The van der Waals surface area contributed by atoms with Crippen molar-refractivity contribution in [3.63, 3.8) is 0 Å². The van der Waals surface area contributed by atoms with Gasteiger partial charge in [0.2, 0.25) is 5.91 Å². The van der Waals surface area contributed by atoms with Gasteiger partial charge in [-0.25, -0.2) is 0 Å². The van der Waals surface area contributed by atoms with Crippen molar-refractivity contribution in [3.8, 4) is 0 Å². The number of aliphatic hydroxyl groups excluding tert-OH is 1. The third-order valence-corrected chi connectivity index (χ3v) is 4.96. The van der Waals surface area contributed by atoms with Crippen LogP contribution in [0.2, 0.25) is 0 Å². The molecule has 1 heterocycles. The Hall–Kier alpha value is -0.100. The summed E-state index contributed by atoms with van der Waals surface area (Å²) in [5, 5.41) is 8.89. The smallest absolute Gasteiger partial charge is 0.249 e. The lowest BCUT2D eigenvalue weighted by Crippen LogP contribution is -2.47. The molecule has 1 unspecified atom stereocenters. The van der Waals surface area contributed by atoms with Crippen LogP contribution in [0, 0.1) is 5.92 Å². The molecular formula is C13H20ClNO2S2. The third kappa shape index (κ3) is 4.18. The van der Waals surface area contributed by atoms with Crippen LogP contribution in [-0.2, 0) is 4.79 Å². The van der Waals surface area contributed by atoms with E-state index in [1.54, 1.807) is 17.1 Å². The van der Waals surface area contributed by atoms with E-state index < -0.39 is 11.5 Å². The summed E-state index contributed by atoms with van der Waals surface area (Å²) in [6.45, 7) is 6.06. The molecule has 1 aliphatic heterocycles. The summed E-state index contributed by atoms with van der Waals surface area (Å²) < 4.78 is 0.557. The van der Waals surface area contributed by atoms with E-state index in [1.165, 1.54) is 11.8 Å². The number of carbonyl (C=O) groups is 1. The summed E-state index contributed by atoms with van der Waals surface area (Å²) in [6, 6.07) is 0.0635. The van der Waals surface area contributed by atoms with Crippen LogP contribution in [0.3, 0.4) is 0 Å². The fraction of sp³-hybridized carbons (Fsp3) is 0.692. The minimum Gasteiger partial charge on any atom is -0.387 e. The predicted octanol–water partition coefficient (Wildman–Crippen LogP) is 2.81. The molecule has 0 bridgehead atoms. The maximum absolute atomic E-state index is 12.4. The molecule has 1 saturated heterocycles. The first-order chi connectivity index (χ1) is 8.90. The minimum atomic E-state index is -0.985. The van der Waals surface area contributed by atoms with Gasteiger partial charge in [-0.15, -0.1) is 11.6 Å². The van der Waals surface area contributed by atoms with Gasteiger partial charge in [-0.3, -0.25) is 9.69 Å². The number of halogens is 1. The van der Waals surface area contributed by atoms with Crippen molar-refractivity contribution in [2.45, 2.75) is 44.7 Å². The van der Waals surface area contributed by atoms with Crippen molar-refractivity contribution in [2.75, 3.05) is 5.75 Å². The van der Waals surface area contributed by atoms with Crippen molar-refractivity contribution in [1.29, 1.82) is 0 Å². The molecule has 3 atom stereocenters. The van der Waals surface area contributed by atoms with E-state index in [0.717, 1.165) is 12.2 Å². The first kappa shape index (κ1) is 17.0. The quantitative estimate of drug-likeness (QED) is 0.480. The molecule has 0 aromatic carbocycles. The number of aliphatic hydroxyl groups is 1. The zero-order valence-electron chi connectivity index (χ0n) is 11.4. The molecule has 108 valence electrons. The third-order valence-electron chi connectivity index (χ3n) is 3.02. The number of nitrogens with zero attached hydrogens (tertiary/aromatic N) is 1. The van der Waals surface area contributed by atoms with Gasteiger partial charge in [0.25, 0.3) is 0 Å². The number of amides is 1. The fourth-order valence-electron chi connectivity index (χ4n) is 1.83. The van der Waals surface area contributed by atoms with Crippen molar-refractivity contribution >= 4 is 45.8 Å². The van der Waals surface area contributed by atoms with E-state index in [9.17, 15) is 9.90 Å². The molecular weight excluding hydrogens is 302 g/mol. The number of rotatable bonds is 5. The number of carbonyl (C=O) groups excluding carboxylic acids is 1. The van der Waals surface area contributed by atoms with Gasteiger partial charge in [0.15, 0.2) is 0 Å². The van der Waals surface area contributed by atoms with Gasteiger partial charge < -0.3 is 5.11 Å². The Morgan fingerprint density at radius 2 is 2.32 bits per heavy atom. The molecule has 1 aliphatic rings. The molecule has 19 heavy (non-hydrogen) atoms. The van der Waals surface area contributed by atoms with Crippen LogP contribution < -0.4 is 0 Å². The van der Waals surface area contributed by atoms with Crippen LogP contribution >= 0.6 is 35.6 Å². The Balaban J connectivity index is 2.80. The highest BCUT2D eigenvalue weighted by Gasteiger charge is 2.39. The average Bonchev–Trinajstić information content (AvgIpc) is 2.76. The minimum absolute atomic E-state index is 0.0635. The predicted molar refractivity (Wildman–Crippen MR) is 85.6 cm³/mol. The zero-order valence-corrected chi connectivity index (χ0v) is 13.8. The monoisotopic (exact) mass is 321 g/mol. The second-order valence-corrected chi connectivity index (χ2v) is 6.95. The maximum Gasteiger partial charge on any atom is 0.249 e. The summed E-state index contributed by atoms with van der Waals surface area (Å²) in [5.74, 6) is 0.805. The SMILES string of the molecule is CC/C=C/C(O)[C@H](Cl)C(=O)N1C(=S)SC[C@H]1C(C)C. The van der Waals surface area contributed by atoms with E-state index >= 15 is 0 Å². The summed E-state index contributed by atoms with van der Waals surface area (Å²) in [4.78, 5) is 13.9. The second kappa shape index (κ2) is 7.62. The molecule has 0 aromatic heterocycles. The van der Waals surface area contributed by atoms with Crippen LogP contribution in [0.15, 0.2) is 12.2 Å². The van der Waals surface area contributed by atoms with Gasteiger partial charge >= 0.3 is 0 Å². The van der Waals surface area contributed by atoms with Crippen molar-refractivity contribution in [3.05, 3.63) is 12.2 Å². The molecule has 0 saturated carbocycles. The van der Waals surface area contributed by atoms with Crippen LogP contribution in [0.25, 0.3) is 0 Å². The lowest BCUT2D eigenvalue weighted by atomic mass is 10.0. The normalized spacial score (nSPS) is 23.4.